The van der Waals surface area contributed by atoms with Crippen LogP contribution in [-0.4, -0.2) is 19.0 Å². The quantitative estimate of drug-likeness (QED) is 0.607. The van der Waals surface area contributed by atoms with Crippen LogP contribution < -0.4 is 0 Å². The van der Waals surface area contributed by atoms with Crippen LogP contribution in [0.5, 0.6) is 0 Å². The highest BCUT2D eigenvalue weighted by molar-refractivity contribution is 5.86. The summed E-state index contributed by atoms with van der Waals surface area (Å²) in [6, 6.07) is 16.9. The first kappa shape index (κ1) is 16.5. The molecule has 118 valence electrons. The minimum absolute atomic E-state index is 0.216. The Kier molecular flexibility index (Phi) is 6.12. The van der Waals surface area contributed by atoms with Crippen molar-refractivity contribution in [2.45, 2.75) is 13.0 Å². The van der Waals surface area contributed by atoms with Gasteiger partial charge in [-0.05, 0) is 22.8 Å². The minimum Gasteiger partial charge on any atom is -0.466 e. The lowest BCUT2D eigenvalue weighted by atomic mass is 10.1. The van der Waals surface area contributed by atoms with Crippen molar-refractivity contribution in [1.82, 2.24) is 0 Å². The standard InChI is InChI=1S/C19H18O4/c1-22-18(20)12-11-15-7-9-16(10-8-15)13-19(21)23-14-17-5-3-2-4-6-17/h2-12H,13-14H2,1H3/b12-11+. The number of esters is 2. The molecule has 0 unspecified atom stereocenters. The first-order valence-corrected chi connectivity index (χ1v) is 7.22. The van der Waals surface area contributed by atoms with Gasteiger partial charge in [-0.25, -0.2) is 4.79 Å². The summed E-state index contributed by atoms with van der Waals surface area (Å²) in [5.74, 6) is -0.676. The van der Waals surface area contributed by atoms with Crippen LogP contribution in [0, 0.1) is 0 Å². The van der Waals surface area contributed by atoms with Gasteiger partial charge in [-0.2, -0.15) is 0 Å². The number of carbonyl (C=O) groups is 2. The number of ether oxygens (including phenoxy) is 2. The number of methoxy groups -OCH3 is 1. The van der Waals surface area contributed by atoms with E-state index in [0.29, 0.717) is 0 Å². The summed E-state index contributed by atoms with van der Waals surface area (Å²) >= 11 is 0. The molecule has 0 aliphatic rings. The first-order chi connectivity index (χ1) is 11.2. The van der Waals surface area contributed by atoms with Gasteiger partial charge in [-0.3, -0.25) is 4.79 Å². The summed E-state index contributed by atoms with van der Waals surface area (Å²) in [7, 11) is 1.33. The zero-order valence-electron chi connectivity index (χ0n) is 12.9. The Morgan fingerprint density at radius 3 is 2.30 bits per heavy atom. The van der Waals surface area contributed by atoms with Gasteiger partial charge < -0.3 is 9.47 Å². The second-order valence-electron chi connectivity index (χ2n) is 4.92. The summed E-state index contributed by atoms with van der Waals surface area (Å²) in [5.41, 5.74) is 2.68. The van der Waals surface area contributed by atoms with Crippen molar-refractivity contribution in [1.29, 1.82) is 0 Å². The molecule has 0 fully saturated rings. The van der Waals surface area contributed by atoms with Gasteiger partial charge in [0.2, 0.25) is 0 Å². The summed E-state index contributed by atoms with van der Waals surface area (Å²) in [6.45, 7) is 0.277. The number of carbonyl (C=O) groups excluding carboxylic acids is 2. The summed E-state index contributed by atoms with van der Waals surface area (Å²) in [4.78, 5) is 22.8. The smallest absolute Gasteiger partial charge is 0.330 e. The van der Waals surface area contributed by atoms with Gasteiger partial charge in [0, 0.05) is 6.08 Å². The minimum atomic E-state index is -0.404. The molecule has 0 aromatic heterocycles. The van der Waals surface area contributed by atoms with Crippen LogP contribution in [0.1, 0.15) is 16.7 Å². The van der Waals surface area contributed by atoms with Gasteiger partial charge >= 0.3 is 11.9 Å². The van der Waals surface area contributed by atoms with E-state index in [1.165, 1.54) is 13.2 Å². The molecule has 0 bridgehead atoms. The van der Waals surface area contributed by atoms with Crippen LogP contribution in [0.25, 0.3) is 6.08 Å². The van der Waals surface area contributed by atoms with Crippen molar-refractivity contribution in [2.24, 2.45) is 0 Å². The van der Waals surface area contributed by atoms with Crippen molar-refractivity contribution in [3.63, 3.8) is 0 Å². The van der Waals surface area contributed by atoms with E-state index in [9.17, 15) is 9.59 Å². The molecule has 0 saturated heterocycles. The van der Waals surface area contributed by atoms with E-state index in [1.807, 2.05) is 54.6 Å². The SMILES string of the molecule is COC(=O)/C=C/c1ccc(CC(=O)OCc2ccccc2)cc1. The van der Waals surface area contributed by atoms with Crippen molar-refractivity contribution < 1.29 is 19.1 Å². The predicted molar refractivity (Wildman–Crippen MR) is 87.4 cm³/mol. The van der Waals surface area contributed by atoms with E-state index in [-0.39, 0.29) is 19.0 Å². The molecule has 4 nitrogen and oxygen atoms in total. The van der Waals surface area contributed by atoms with Crippen LogP contribution in [0.4, 0.5) is 0 Å². The van der Waals surface area contributed by atoms with Crippen molar-refractivity contribution in [2.75, 3.05) is 7.11 Å². The molecule has 0 spiro atoms. The molecule has 0 heterocycles. The molecule has 0 radical (unpaired) electrons. The third-order valence-electron chi connectivity index (χ3n) is 3.18. The van der Waals surface area contributed by atoms with E-state index in [4.69, 9.17) is 4.74 Å². The Hall–Kier alpha value is -2.88. The van der Waals surface area contributed by atoms with Gasteiger partial charge in [0.15, 0.2) is 0 Å². The van der Waals surface area contributed by atoms with Crippen LogP contribution >= 0.6 is 0 Å². The van der Waals surface area contributed by atoms with E-state index >= 15 is 0 Å². The molecule has 23 heavy (non-hydrogen) atoms. The number of benzene rings is 2. The second-order valence-corrected chi connectivity index (χ2v) is 4.92. The fourth-order valence-electron chi connectivity index (χ4n) is 1.93. The highest BCUT2D eigenvalue weighted by Gasteiger charge is 2.05. The van der Waals surface area contributed by atoms with Crippen LogP contribution in [0.3, 0.4) is 0 Å². The van der Waals surface area contributed by atoms with Crippen LogP contribution in [-0.2, 0) is 32.1 Å². The largest absolute Gasteiger partial charge is 0.466 e. The molecule has 0 amide bonds. The highest BCUT2D eigenvalue weighted by Crippen LogP contribution is 2.09. The fourth-order valence-corrected chi connectivity index (χ4v) is 1.93. The molecular formula is C19H18O4. The average molecular weight is 310 g/mol. The molecule has 2 rings (SSSR count). The Morgan fingerprint density at radius 1 is 0.957 bits per heavy atom. The lowest BCUT2D eigenvalue weighted by Gasteiger charge is -2.05. The fraction of sp³-hybridized carbons (Fsp3) is 0.158. The average Bonchev–Trinajstić information content (AvgIpc) is 2.60. The van der Waals surface area contributed by atoms with Gasteiger partial charge in [-0.1, -0.05) is 54.6 Å². The maximum Gasteiger partial charge on any atom is 0.330 e. The van der Waals surface area contributed by atoms with Gasteiger partial charge in [0.25, 0.3) is 0 Å². The van der Waals surface area contributed by atoms with Crippen molar-refractivity contribution >= 4 is 18.0 Å². The van der Waals surface area contributed by atoms with E-state index < -0.39 is 5.97 Å². The number of hydrogen-bond donors (Lipinski definition) is 0. The zero-order chi connectivity index (χ0) is 16.5. The molecular weight excluding hydrogens is 292 g/mol. The second kappa shape index (κ2) is 8.54. The third kappa shape index (κ3) is 5.79. The molecule has 0 aliphatic carbocycles. The van der Waals surface area contributed by atoms with Crippen LogP contribution in [0.15, 0.2) is 60.7 Å². The monoisotopic (exact) mass is 310 g/mol. The lowest BCUT2D eigenvalue weighted by molar-refractivity contribution is -0.144. The van der Waals surface area contributed by atoms with Crippen molar-refractivity contribution in [3.05, 3.63) is 77.4 Å². The zero-order valence-corrected chi connectivity index (χ0v) is 12.9. The topological polar surface area (TPSA) is 52.6 Å². The lowest BCUT2D eigenvalue weighted by Crippen LogP contribution is -2.07. The van der Waals surface area contributed by atoms with E-state index in [0.717, 1.165) is 16.7 Å². The maximum absolute atomic E-state index is 11.8. The molecule has 2 aromatic rings. The van der Waals surface area contributed by atoms with Gasteiger partial charge in [0.1, 0.15) is 6.61 Å². The Morgan fingerprint density at radius 2 is 1.65 bits per heavy atom. The predicted octanol–water partition coefficient (Wildman–Crippen LogP) is 3.16. The highest BCUT2D eigenvalue weighted by atomic mass is 16.5. The summed E-state index contributed by atoms with van der Waals surface area (Å²) < 4.78 is 9.77. The van der Waals surface area contributed by atoms with Gasteiger partial charge in [0.05, 0.1) is 13.5 Å². The normalized spacial score (nSPS) is 10.5. The van der Waals surface area contributed by atoms with E-state index in [1.54, 1.807) is 6.08 Å². The summed E-state index contributed by atoms with van der Waals surface area (Å²) in [5, 5.41) is 0. The van der Waals surface area contributed by atoms with E-state index in [2.05, 4.69) is 4.74 Å². The molecule has 0 atom stereocenters. The molecule has 2 aromatic carbocycles. The maximum atomic E-state index is 11.8. The molecule has 0 N–H and O–H groups in total. The molecule has 4 heteroatoms. The Balaban J connectivity index is 1.84. The van der Waals surface area contributed by atoms with Gasteiger partial charge in [-0.15, -0.1) is 0 Å². The van der Waals surface area contributed by atoms with Crippen molar-refractivity contribution in [3.8, 4) is 0 Å². The Bertz CT molecular complexity index is 672. The number of hydrogen-bond acceptors (Lipinski definition) is 4. The first-order valence-electron chi connectivity index (χ1n) is 7.22. The Labute approximate surface area is 135 Å². The third-order valence-corrected chi connectivity index (χ3v) is 3.18. The molecule has 0 saturated carbocycles. The van der Waals surface area contributed by atoms with Crippen LogP contribution in [0.2, 0.25) is 0 Å². The summed E-state index contributed by atoms with van der Waals surface area (Å²) in [6.07, 6.45) is 3.22. The molecule has 0 aliphatic heterocycles. The number of rotatable bonds is 6.